The number of allylic oxidation sites excluding steroid dienone is 1. The predicted octanol–water partition coefficient (Wildman–Crippen LogP) is 9.27. The highest BCUT2D eigenvalue weighted by Crippen LogP contribution is 2.48. The van der Waals surface area contributed by atoms with Gasteiger partial charge in [-0.3, -0.25) is 0 Å². The number of aryl methyl sites for hydroxylation is 3. The highest BCUT2D eigenvalue weighted by Gasteiger charge is 2.23. The van der Waals surface area contributed by atoms with E-state index in [4.69, 9.17) is 0 Å². The van der Waals surface area contributed by atoms with Crippen LogP contribution in [-0.2, 0) is 19.5 Å². The van der Waals surface area contributed by atoms with Crippen LogP contribution in [0.1, 0.15) is 31.5 Å². The third-order valence-corrected chi connectivity index (χ3v) is 9.33. The molecule has 35 heavy (non-hydrogen) atoms. The van der Waals surface area contributed by atoms with Crippen molar-refractivity contribution in [1.29, 1.82) is 0 Å². The quantitative estimate of drug-likeness (QED) is 0.238. The lowest BCUT2D eigenvalue weighted by Crippen LogP contribution is -1.99. The Morgan fingerprint density at radius 3 is 2.34 bits per heavy atom. The Balaban J connectivity index is 1.67. The zero-order chi connectivity index (χ0) is 23.3. The van der Waals surface area contributed by atoms with Gasteiger partial charge in [-0.25, -0.2) is 0 Å². The van der Waals surface area contributed by atoms with Crippen molar-refractivity contribution in [2.45, 2.75) is 39.8 Å². The Morgan fingerprint density at radius 2 is 1.51 bits per heavy atom. The van der Waals surface area contributed by atoms with Crippen LogP contribution in [-0.4, -0.2) is 9.13 Å². The first-order valence-electron chi connectivity index (χ1n) is 12.8. The van der Waals surface area contributed by atoms with Gasteiger partial charge in [0.15, 0.2) is 0 Å². The molecule has 170 valence electrons. The minimum Gasteiger partial charge on any atom is -0.341 e. The number of fused-ring (bicyclic) bond motifs is 13. The Hall–Kier alpha value is -3.56. The predicted molar refractivity (Wildman–Crippen MR) is 154 cm³/mol. The summed E-state index contributed by atoms with van der Waals surface area (Å²) in [6.45, 7) is 6.52. The largest absolute Gasteiger partial charge is 0.341 e. The second-order valence-corrected chi connectivity index (χ2v) is 10.8. The molecule has 0 bridgehead atoms. The molecule has 0 N–H and O–H groups in total. The minimum atomic E-state index is 0.962. The lowest BCUT2D eigenvalue weighted by molar-refractivity contribution is 0.778. The number of hydrogen-bond acceptors (Lipinski definition) is 1. The molecule has 4 aromatic carbocycles. The van der Waals surface area contributed by atoms with Gasteiger partial charge in [-0.05, 0) is 61.9 Å². The van der Waals surface area contributed by atoms with E-state index in [1.165, 1.54) is 74.9 Å². The highest BCUT2D eigenvalue weighted by atomic mass is 32.1. The van der Waals surface area contributed by atoms with Crippen molar-refractivity contribution < 1.29 is 0 Å². The van der Waals surface area contributed by atoms with E-state index in [2.05, 4.69) is 95.8 Å². The smallest absolute Gasteiger partial charge is 0.0592 e. The zero-order valence-electron chi connectivity index (χ0n) is 20.1. The van der Waals surface area contributed by atoms with Crippen LogP contribution < -0.4 is 0 Å². The topological polar surface area (TPSA) is 9.86 Å². The minimum absolute atomic E-state index is 0.962. The molecule has 1 aliphatic carbocycles. The van der Waals surface area contributed by atoms with Crippen molar-refractivity contribution in [2.24, 2.45) is 0 Å². The fraction of sp³-hybridized carbons (Fsp3) is 0.188. The average molecular weight is 471 g/mol. The van der Waals surface area contributed by atoms with Crippen molar-refractivity contribution in [3.05, 3.63) is 78.0 Å². The van der Waals surface area contributed by atoms with Crippen molar-refractivity contribution >= 4 is 81.1 Å². The Kier molecular flexibility index (Phi) is 3.94. The molecular formula is C32H26N2S. The summed E-state index contributed by atoms with van der Waals surface area (Å²) in [4.78, 5) is 0. The molecule has 0 spiro atoms. The van der Waals surface area contributed by atoms with Crippen molar-refractivity contribution in [3.8, 4) is 0 Å². The van der Waals surface area contributed by atoms with E-state index in [0.717, 1.165) is 25.9 Å². The van der Waals surface area contributed by atoms with E-state index in [1.54, 1.807) is 0 Å². The summed E-state index contributed by atoms with van der Waals surface area (Å²) in [7, 11) is 0. The van der Waals surface area contributed by atoms with Gasteiger partial charge in [0.25, 0.3) is 0 Å². The van der Waals surface area contributed by atoms with Crippen LogP contribution in [0.5, 0.6) is 0 Å². The number of benzene rings is 4. The first kappa shape index (κ1) is 19.7. The molecular weight excluding hydrogens is 444 g/mol. The maximum Gasteiger partial charge on any atom is 0.0592 e. The van der Waals surface area contributed by atoms with Crippen molar-refractivity contribution in [2.75, 3.05) is 0 Å². The number of hydrogen-bond donors (Lipinski definition) is 0. The van der Waals surface area contributed by atoms with E-state index in [-0.39, 0.29) is 0 Å². The summed E-state index contributed by atoms with van der Waals surface area (Å²) in [5.41, 5.74) is 7.06. The Labute approximate surface area is 207 Å². The molecule has 8 rings (SSSR count). The molecule has 2 nitrogen and oxygen atoms in total. The van der Waals surface area contributed by atoms with Crippen LogP contribution >= 0.6 is 11.3 Å². The number of thiophene rings is 1. The van der Waals surface area contributed by atoms with E-state index in [1.807, 2.05) is 11.3 Å². The summed E-state index contributed by atoms with van der Waals surface area (Å²) in [5.74, 6) is 0. The summed E-state index contributed by atoms with van der Waals surface area (Å²) < 4.78 is 7.88. The van der Waals surface area contributed by atoms with Gasteiger partial charge in [-0.15, -0.1) is 11.3 Å². The number of nitrogens with zero attached hydrogens (tertiary/aromatic N) is 2. The number of rotatable bonds is 2. The number of aromatic nitrogens is 2. The van der Waals surface area contributed by atoms with Crippen LogP contribution in [0.3, 0.4) is 0 Å². The van der Waals surface area contributed by atoms with E-state index in [0.29, 0.717) is 0 Å². The average Bonchev–Trinajstić information content (AvgIpc) is 3.54. The first-order valence-corrected chi connectivity index (χ1v) is 13.6. The van der Waals surface area contributed by atoms with Gasteiger partial charge in [0.1, 0.15) is 0 Å². The molecule has 7 aromatic rings. The fourth-order valence-electron chi connectivity index (χ4n) is 6.73. The third kappa shape index (κ3) is 2.39. The molecule has 0 saturated carbocycles. The first-order chi connectivity index (χ1) is 17.3. The fourth-order valence-corrected chi connectivity index (χ4v) is 7.99. The molecule has 0 aliphatic heterocycles. The molecule has 1 aliphatic rings. The van der Waals surface area contributed by atoms with Gasteiger partial charge in [0.2, 0.25) is 0 Å². The van der Waals surface area contributed by atoms with Crippen LogP contribution in [0.4, 0.5) is 0 Å². The normalized spacial score (nSPS) is 13.9. The molecule has 0 atom stereocenters. The highest BCUT2D eigenvalue weighted by molar-refractivity contribution is 7.27. The summed E-state index contributed by atoms with van der Waals surface area (Å²) in [5, 5.41) is 9.81. The van der Waals surface area contributed by atoms with Crippen LogP contribution in [0.2, 0.25) is 0 Å². The van der Waals surface area contributed by atoms with Crippen molar-refractivity contribution in [1.82, 2.24) is 9.13 Å². The van der Waals surface area contributed by atoms with E-state index >= 15 is 0 Å². The van der Waals surface area contributed by atoms with Crippen LogP contribution in [0.15, 0.2) is 66.7 Å². The van der Waals surface area contributed by atoms with Gasteiger partial charge in [0.05, 0.1) is 11.0 Å². The van der Waals surface area contributed by atoms with Gasteiger partial charge in [-0.2, -0.15) is 0 Å². The maximum absolute atomic E-state index is 2.55. The summed E-state index contributed by atoms with van der Waals surface area (Å²) >= 11 is 1.97. The third-order valence-electron chi connectivity index (χ3n) is 8.14. The molecule has 0 unspecified atom stereocenters. The molecule has 3 aromatic heterocycles. The second-order valence-electron chi connectivity index (χ2n) is 9.75. The monoisotopic (exact) mass is 470 g/mol. The van der Waals surface area contributed by atoms with Gasteiger partial charge in [0, 0.05) is 66.0 Å². The standard InChI is InChI=1S/C32H26N2S/c1-3-33-25-15-9-7-11-19(25)23-17-24-28(18-27(23)33)35-32-21-13-6-5-12-20(21)29-22-14-8-10-16-26(22)34(4-2)31(29)30(24)32/h5-6,8-10,12-18H,3-4,7,11H2,1-2H3. The Morgan fingerprint density at radius 1 is 0.743 bits per heavy atom. The summed E-state index contributed by atoms with van der Waals surface area (Å²) in [6.07, 6.45) is 6.95. The second kappa shape index (κ2) is 6.99. The summed E-state index contributed by atoms with van der Waals surface area (Å²) in [6, 6.07) is 23.0. The van der Waals surface area contributed by atoms with Gasteiger partial charge >= 0.3 is 0 Å². The van der Waals surface area contributed by atoms with E-state index in [9.17, 15) is 0 Å². The van der Waals surface area contributed by atoms with Gasteiger partial charge in [-0.1, -0.05) is 48.5 Å². The molecule has 3 heteroatoms. The SMILES string of the molecule is CCn1c2c(c3cc4c(cc31)sc1c3ccccc3c3c5ccccc5n(CC)c3c41)CCC=C2. The maximum atomic E-state index is 2.55. The lowest BCUT2D eigenvalue weighted by Gasteiger charge is -2.09. The molecule has 0 amide bonds. The van der Waals surface area contributed by atoms with Crippen LogP contribution in [0.25, 0.3) is 69.7 Å². The van der Waals surface area contributed by atoms with Gasteiger partial charge < -0.3 is 9.13 Å². The lowest BCUT2D eigenvalue weighted by atomic mass is 9.97. The molecule has 0 fully saturated rings. The molecule has 0 saturated heterocycles. The van der Waals surface area contributed by atoms with Crippen LogP contribution in [0, 0.1) is 0 Å². The Bertz CT molecular complexity index is 2030. The molecule has 3 heterocycles. The van der Waals surface area contributed by atoms with Crippen molar-refractivity contribution in [3.63, 3.8) is 0 Å². The number of para-hydroxylation sites is 1. The zero-order valence-corrected chi connectivity index (χ0v) is 20.9. The molecule has 0 radical (unpaired) electrons. The van der Waals surface area contributed by atoms with E-state index < -0.39 is 0 Å².